The summed E-state index contributed by atoms with van der Waals surface area (Å²) in [5, 5.41) is 9.41. The normalized spacial score (nSPS) is 10.4. The lowest BCUT2D eigenvalue weighted by atomic mass is 10.1. The zero-order chi connectivity index (χ0) is 20.8. The van der Waals surface area contributed by atoms with E-state index in [1.165, 1.54) is 19.2 Å². The summed E-state index contributed by atoms with van der Waals surface area (Å²) in [4.78, 5) is 24.5. The molecule has 1 aromatic heterocycles. The molecule has 29 heavy (non-hydrogen) atoms. The largest absolute Gasteiger partial charge is 0.489 e. The molecule has 2 amide bonds. The smallest absolute Gasteiger partial charge is 0.273 e. The van der Waals surface area contributed by atoms with Gasteiger partial charge in [0.2, 0.25) is 0 Å². The van der Waals surface area contributed by atoms with E-state index in [9.17, 15) is 14.0 Å². The number of hydrogen-bond acceptors (Lipinski definition) is 4. The molecule has 0 fully saturated rings. The number of nitrogens with one attached hydrogen (secondary N) is 2. The average molecular weight is 396 g/mol. The van der Waals surface area contributed by atoms with E-state index in [2.05, 4.69) is 15.7 Å². The summed E-state index contributed by atoms with van der Waals surface area (Å²) in [6.45, 7) is 2.75. The van der Waals surface area contributed by atoms with Crippen LogP contribution in [0.25, 0.3) is 0 Å². The van der Waals surface area contributed by atoms with Crippen LogP contribution in [0.3, 0.4) is 0 Å². The van der Waals surface area contributed by atoms with Crippen LogP contribution in [0.5, 0.6) is 5.75 Å². The van der Waals surface area contributed by atoms with Gasteiger partial charge in [0.15, 0.2) is 5.69 Å². The fraction of sp³-hybridized carbons (Fsp3) is 0.190. The number of benzene rings is 2. The minimum atomic E-state index is -0.374. The summed E-state index contributed by atoms with van der Waals surface area (Å²) < 4.78 is 20.1. The molecule has 0 bridgehead atoms. The van der Waals surface area contributed by atoms with Gasteiger partial charge in [-0.1, -0.05) is 12.1 Å². The van der Waals surface area contributed by atoms with Gasteiger partial charge in [-0.2, -0.15) is 5.10 Å². The highest BCUT2D eigenvalue weighted by molar-refractivity contribution is 6.08. The van der Waals surface area contributed by atoms with Crippen LogP contribution in [0.2, 0.25) is 0 Å². The van der Waals surface area contributed by atoms with Gasteiger partial charge in [-0.05, 0) is 48.9 Å². The first kappa shape index (κ1) is 20.1. The second-order valence-corrected chi connectivity index (χ2v) is 6.22. The summed E-state index contributed by atoms with van der Waals surface area (Å²) in [6.07, 6.45) is 1.62. The topological polar surface area (TPSA) is 85.2 Å². The summed E-state index contributed by atoms with van der Waals surface area (Å²) in [6, 6.07) is 12.6. The maximum atomic E-state index is 12.9. The molecule has 0 atom stereocenters. The van der Waals surface area contributed by atoms with Crippen molar-refractivity contribution in [1.82, 2.24) is 15.1 Å². The molecule has 1 heterocycles. The predicted molar refractivity (Wildman–Crippen MR) is 106 cm³/mol. The second kappa shape index (κ2) is 9.01. The lowest BCUT2D eigenvalue weighted by Gasteiger charge is -2.08. The van der Waals surface area contributed by atoms with E-state index in [0.717, 1.165) is 5.56 Å². The van der Waals surface area contributed by atoms with Crippen molar-refractivity contribution in [2.24, 2.45) is 0 Å². The minimum absolute atomic E-state index is 0.159. The van der Waals surface area contributed by atoms with Gasteiger partial charge >= 0.3 is 0 Å². The number of aromatic nitrogens is 2. The van der Waals surface area contributed by atoms with Crippen LogP contribution in [0.4, 0.5) is 10.1 Å². The van der Waals surface area contributed by atoms with Gasteiger partial charge in [-0.25, -0.2) is 4.39 Å². The van der Waals surface area contributed by atoms with Crippen LogP contribution in [-0.4, -0.2) is 28.6 Å². The second-order valence-electron chi connectivity index (χ2n) is 6.22. The van der Waals surface area contributed by atoms with Crippen LogP contribution in [0.15, 0.2) is 54.7 Å². The summed E-state index contributed by atoms with van der Waals surface area (Å²) in [5.41, 5.74) is 1.80. The van der Waals surface area contributed by atoms with Crippen LogP contribution >= 0.6 is 0 Å². The number of carbonyl (C=O) groups excluding carboxylic acids is 2. The first-order chi connectivity index (χ1) is 14.0. The number of carbonyl (C=O) groups is 2. The fourth-order valence-corrected chi connectivity index (χ4v) is 2.61. The van der Waals surface area contributed by atoms with Gasteiger partial charge in [0.05, 0.1) is 5.69 Å². The monoisotopic (exact) mass is 396 g/mol. The highest BCUT2D eigenvalue weighted by atomic mass is 19.1. The Kier molecular flexibility index (Phi) is 6.23. The van der Waals surface area contributed by atoms with E-state index in [-0.39, 0.29) is 29.9 Å². The molecule has 8 heteroatoms. The van der Waals surface area contributed by atoms with Crippen molar-refractivity contribution < 1.29 is 18.7 Å². The Hall–Kier alpha value is -3.68. The Morgan fingerprint density at radius 3 is 2.38 bits per heavy atom. The Bertz CT molecular complexity index is 998. The van der Waals surface area contributed by atoms with Crippen molar-refractivity contribution in [1.29, 1.82) is 0 Å². The van der Waals surface area contributed by atoms with Gasteiger partial charge in [0.25, 0.3) is 11.8 Å². The Labute approximate surface area is 167 Å². The highest BCUT2D eigenvalue weighted by Gasteiger charge is 2.18. The molecule has 7 nitrogen and oxygen atoms in total. The molecule has 0 aliphatic rings. The van der Waals surface area contributed by atoms with Gasteiger partial charge in [0, 0.05) is 25.4 Å². The summed E-state index contributed by atoms with van der Waals surface area (Å²) >= 11 is 0. The van der Waals surface area contributed by atoms with E-state index in [0.29, 0.717) is 23.5 Å². The molecule has 2 aromatic carbocycles. The molecular formula is C21H21FN4O3. The van der Waals surface area contributed by atoms with Crippen LogP contribution in [-0.2, 0) is 13.2 Å². The molecule has 0 unspecified atom stereocenters. The number of amides is 2. The van der Waals surface area contributed by atoms with Crippen LogP contribution in [0, 0.1) is 5.82 Å². The van der Waals surface area contributed by atoms with Crippen molar-refractivity contribution in [3.05, 3.63) is 77.4 Å². The van der Waals surface area contributed by atoms with Gasteiger partial charge in [-0.15, -0.1) is 0 Å². The Morgan fingerprint density at radius 1 is 1.07 bits per heavy atom. The van der Waals surface area contributed by atoms with Crippen molar-refractivity contribution in [2.75, 3.05) is 12.4 Å². The van der Waals surface area contributed by atoms with E-state index in [1.807, 2.05) is 6.92 Å². The van der Waals surface area contributed by atoms with Crippen molar-refractivity contribution in [2.45, 2.75) is 20.1 Å². The molecule has 3 rings (SSSR count). The van der Waals surface area contributed by atoms with Crippen molar-refractivity contribution in [3.63, 3.8) is 0 Å². The number of aryl methyl sites for hydroxylation is 1. The first-order valence-corrected chi connectivity index (χ1v) is 9.08. The SMILES string of the molecule is CCn1cc(NC(=O)c2ccc(COc3ccc(F)cc3)cc2)c(C(=O)NC)n1. The molecule has 150 valence electrons. The highest BCUT2D eigenvalue weighted by Crippen LogP contribution is 2.17. The first-order valence-electron chi connectivity index (χ1n) is 9.08. The molecule has 0 aliphatic heterocycles. The van der Waals surface area contributed by atoms with E-state index in [1.54, 1.807) is 47.3 Å². The Balaban J connectivity index is 1.65. The van der Waals surface area contributed by atoms with E-state index in [4.69, 9.17) is 4.74 Å². The third-order valence-corrected chi connectivity index (χ3v) is 4.21. The molecular weight excluding hydrogens is 375 g/mol. The molecule has 2 N–H and O–H groups in total. The van der Waals surface area contributed by atoms with Gasteiger partial charge in [-0.3, -0.25) is 14.3 Å². The number of anilines is 1. The molecule has 0 spiro atoms. The maximum absolute atomic E-state index is 12.9. The van der Waals surface area contributed by atoms with E-state index < -0.39 is 0 Å². The molecule has 0 saturated heterocycles. The molecule has 3 aromatic rings. The quantitative estimate of drug-likeness (QED) is 0.642. The average Bonchev–Trinajstić information content (AvgIpc) is 3.16. The lowest BCUT2D eigenvalue weighted by molar-refractivity contribution is 0.0958. The lowest BCUT2D eigenvalue weighted by Crippen LogP contribution is -2.21. The van der Waals surface area contributed by atoms with Crippen LogP contribution < -0.4 is 15.4 Å². The van der Waals surface area contributed by atoms with Gasteiger partial charge < -0.3 is 15.4 Å². The van der Waals surface area contributed by atoms with E-state index >= 15 is 0 Å². The zero-order valence-electron chi connectivity index (χ0n) is 16.1. The third kappa shape index (κ3) is 4.98. The standard InChI is InChI=1S/C21H21FN4O3/c1-3-26-12-18(19(25-26)21(28)23-2)24-20(27)15-6-4-14(5-7-15)13-29-17-10-8-16(22)9-11-17/h4-12H,3,13H2,1-2H3,(H,23,28)(H,24,27). The maximum Gasteiger partial charge on any atom is 0.273 e. The van der Waals surface area contributed by atoms with Crippen molar-refractivity contribution in [3.8, 4) is 5.75 Å². The van der Waals surface area contributed by atoms with Crippen molar-refractivity contribution >= 4 is 17.5 Å². The molecule has 0 aliphatic carbocycles. The summed E-state index contributed by atoms with van der Waals surface area (Å²) in [7, 11) is 1.51. The minimum Gasteiger partial charge on any atom is -0.489 e. The zero-order valence-corrected chi connectivity index (χ0v) is 16.1. The van der Waals surface area contributed by atoms with Gasteiger partial charge in [0.1, 0.15) is 18.2 Å². The third-order valence-electron chi connectivity index (χ3n) is 4.21. The number of ether oxygens (including phenoxy) is 1. The fourth-order valence-electron chi connectivity index (χ4n) is 2.61. The van der Waals surface area contributed by atoms with Crippen LogP contribution in [0.1, 0.15) is 33.3 Å². The Morgan fingerprint density at radius 2 is 1.76 bits per heavy atom. The number of hydrogen-bond donors (Lipinski definition) is 2. The summed E-state index contributed by atoms with van der Waals surface area (Å²) in [5.74, 6) is -0.489. The number of nitrogens with zero attached hydrogens (tertiary/aromatic N) is 2. The number of rotatable bonds is 7. The molecule has 0 radical (unpaired) electrons. The predicted octanol–water partition coefficient (Wildman–Crippen LogP) is 3.23. The number of halogens is 1. The molecule has 0 saturated carbocycles.